The Morgan fingerprint density at radius 2 is 1.25 bits per heavy atom. The van der Waals surface area contributed by atoms with Gasteiger partial charge in [0.15, 0.2) is 0 Å². The highest BCUT2D eigenvalue weighted by atomic mass is 16.5. The average molecular weight is 480 g/mol. The number of anilines is 3. The zero-order valence-electron chi connectivity index (χ0n) is 19.9. The molecule has 2 amide bonds. The molecule has 0 radical (unpaired) electrons. The summed E-state index contributed by atoms with van der Waals surface area (Å²) in [6.07, 6.45) is 1.09. The second-order valence-corrected chi connectivity index (χ2v) is 8.31. The third-order valence-electron chi connectivity index (χ3n) is 5.47. The summed E-state index contributed by atoms with van der Waals surface area (Å²) in [5.74, 6) is 0.507. The van der Waals surface area contributed by atoms with Crippen molar-refractivity contribution in [3.8, 4) is 5.75 Å². The Morgan fingerprint density at radius 3 is 1.97 bits per heavy atom. The van der Waals surface area contributed by atoms with Gasteiger partial charge in [-0.2, -0.15) is 0 Å². The predicted octanol–water partition coefficient (Wildman–Crippen LogP) is 5.89. The Morgan fingerprint density at radius 1 is 0.611 bits per heavy atom. The minimum absolute atomic E-state index is 0.0510. The molecule has 0 aliphatic heterocycles. The molecule has 0 aromatic heterocycles. The van der Waals surface area contributed by atoms with Gasteiger partial charge in [-0.1, -0.05) is 66.7 Å². The number of amides is 2. The summed E-state index contributed by atoms with van der Waals surface area (Å²) in [7, 11) is 0. The van der Waals surface area contributed by atoms with Crippen LogP contribution in [0.1, 0.15) is 17.5 Å². The van der Waals surface area contributed by atoms with Crippen molar-refractivity contribution in [1.29, 1.82) is 0 Å². The lowest BCUT2D eigenvalue weighted by molar-refractivity contribution is -0.116. The summed E-state index contributed by atoms with van der Waals surface area (Å²) in [6.45, 7) is 0.584. The van der Waals surface area contributed by atoms with E-state index < -0.39 is 0 Å². The topological polar surface area (TPSA) is 79.5 Å². The molecule has 6 heteroatoms. The van der Waals surface area contributed by atoms with E-state index in [2.05, 4.69) is 16.0 Å². The highest BCUT2D eigenvalue weighted by molar-refractivity contribution is 5.94. The van der Waals surface area contributed by atoms with Gasteiger partial charge in [0.1, 0.15) is 12.4 Å². The van der Waals surface area contributed by atoms with Gasteiger partial charge >= 0.3 is 0 Å². The molecule has 0 atom stereocenters. The Hall–Kier alpha value is -4.58. The van der Waals surface area contributed by atoms with Crippen molar-refractivity contribution in [2.45, 2.75) is 19.4 Å². The molecule has 0 heterocycles. The second kappa shape index (κ2) is 12.8. The van der Waals surface area contributed by atoms with Crippen LogP contribution >= 0.6 is 0 Å². The van der Waals surface area contributed by atoms with Crippen molar-refractivity contribution in [3.05, 3.63) is 120 Å². The van der Waals surface area contributed by atoms with Gasteiger partial charge in [0, 0.05) is 23.5 Å². The maximum absolute atomic E-state index is 12.4. The van der Waals surface area contributed by atoms with E-state index in [1.54, 1.807) is 0 Å². The Kier molecular flexibility index (Phi) is 8.70. The van der Waals surface area contributed by atoms with Gasteiger partial charge in [-0.05, 0) is 60.0 Å². The van der Waals surface area contributed by atoms with Crippen LogP contribution in [0, 0.1) is 0 Å². The van der Waals surface area contributed by atoms with E-state index >= 15 is 0 Å². The van der Waals surface area contributed by atoms with Crippen LogP contribution < -0.4 is 20.7 Å². The van der Waals surface area contributed by atoms with Crippen LogP contribution in [-0.2, 0) is 22.6 Å². The first kappa shape index (κ1) is 24.5. The van der Waals surface area contributed by atoms with Crippen LogP contribution in [0.5, 0.6) is 5.75 Å². The summed E-state index contributed by atoms with van der Waals surface area (Å²) in [4.78, 5) is 24.7. The minimum Gasteiger partial charge on any atom is -0.489 e. The van der Waals surface area contributed by atoms with Crippen LogP contribution in [0.25, 0.3) is 0 Å². The first-order valence-electron chi connectivity index (χ1n) is 11.9. The number of rotatable bonds is 11. The molecule has 4 aromatic carbocycles. The van der Waals surface area contributed by atoms with E-state index in [-0.39, 0.29) is 18.4 Å². The SMILES string of the molecule is O=C(CCc1ccccc1)Nc1cccc(NCC(=O)Nc2ccc(OCc3ccccc3)cc2)c1. The third-order valence-corrected chi connectivity index (χ3v) is 5.47. The molecule has 4 aromatic rings. The van der Waals surface area contributed by atoms with Crippen LogP contribution in [0.3, 0.4) is 0 Å². The molecule has 0 saturated carbocycles. The van der Waals surface area contributed by atoms with E-state index in [0.717, 1.165) is 22.6 Å². The number of carbonyl (C=O) groups excluding carboxylic acids is 2. The average Bonchev–Trinajstić information content (AvgIpc) is 2.92. The number of benzene rings is 4. The van der Waals surface area contributed by atoms with E-state index in [1.807, 2.05) is 109 Å². The maximum Gasteiger partial charge on any atom is 0.243 e. The van der Waals surface area contributed by atoms with Crippen molar-refractivity contribution < 1.29 is 14.3 Å². The molecule has 0 fully saturated rings. The molecule has 0 saturated heterocycles. The number of hydrogen-bond donors (Lipinski definition) is 3. The molecule has 0 aliphatic carbocycles. The van der Waals surface area contributed by atoms with Crippen LogP contribution in [0.15, 0.2) is 109 Å². The van der Waals surface area contributed by atoms with Crippen molar-refractivity contribution >= 4 is 28.9 Å². The van der Waals surface area contributed by atoms with Gasteiger partial charge in [0.2, 0.25) is 11.8 Å². The van der Waals surface area contributed by atoms with E-state index in [4.69, 9.17) is 4.74 Å². The molecular weight excluding hydrogens is 450 g/mol. The van der Waals surface area contributed by atoms with Crippen LogP contribution in [0.2, 0.25) is 0 Å². The molecular formula is C30H29N3O3. The zero-order chi connectivity index (χ0) is 25.0. The Bertz CT molecular complexity index is 1260. The molecule has 0 aliphatic rings. The molecule has 0 spiro atoms. The largest absolute Gasteiger partial charge is 0.489 e. The molecule has 4 rings (SSSR count). The number of ether oxygens (including phenoxy) is 1. The van der Waals surface area contributed by atoms with Gasteiger partial charge in [0.05, 0.1) is 6.54 Å². The van der Waals surface area contributed by atoms with Gasteiger partial charge in [-0.3, -0.25) is 9.59 Å². The predicted molar refractivity (Wildman–Crippen MR) is 144 cm³/mol. The monoisotopic (exact) mass is 479 g/mol. The van der Waals surface area contributed by atoms with Gasteiger partial charge in [0.25, 0.3) is 0 Å². The summed E-state index contributed by atoms with van der Waals surface area (Å²) in [6, 6.07) is 34.5. The first-order chi connectivity index (χ1) is 17.6. The first-order valence-corrected chi connectivity index (χ1v) is 11.9. The van der Waals surface area contributed by atoms with E-state index in [9.17, 15) is 9.59 Å². The zero-order valence-corrected chi connectivity index (χ0v) is 19.9. The molecule has 0 bridgehead atoms. The second-order valence-electron chi connectivity index (χ2n) is 8.31. The third kappa shape index (κ3) is 8.02. The smallest absolute Gasteiger partial charge is 0.243 e. The highest BCUT2D eigenvalue weighted by Gasteiger charge is 2.06. The highest BCUT2D eigenvalue weighted by Crippen LogP contribution is 2.18. The fourth-order valence-electron chi connectivity index (χ4n) is 3.60. The Labute approximate surface area is 211 Å². The summed E-state index contributed by atoms with van der Waals surface area (Å²) < 4.78 is 5.78. The van der Waals surface area contributed by atoms with Gasteiger partial charge in [-0.25, -0.2) is 0 Å². The number of nitrogens with one attached hydrogen (secondary N) is 3. The lowest BCUT2D eigenvalue weighted by atomic mass is 10.1. The Balaban J connectivity index is 1.20. The normalized spacial score (nSPS) is 10.3. The van der Waals surface area contributed by atoms with Crippen LogP contribution in [0.4, 0.5) is 17.1 Å². The number of aryl methyl sites for hydroxylation is 1. The lowest BCUT2D eigenvalue weighted by Gasteiger charge is -2.11. The van der Waals surface area contributed by atoms with Gasteiger partial charge in [-0.15, -0.1) is 0 Å². The molecule has 36 heavy (non-hydrogen) atoms. The summed E-state index contributed by atoms with van der Waals surface area (Å²) in [5.41, 5.74) is 4.34. The molecule has 0 unspecified atom stereocenters. The molecule has 6 nitrogen and oxygen atoms in total. The molecule has 3 N–H and O–H groups in total. The summed E-state index contributed by atoms with van der Waals surface area (Å²) in [5, 5.41) is 8.88. The molecule has 182 valence electrons. The number of hydrogen-bond acceptors (Lipinski definition) is 4. The maximum atomic E-state index is 12.4. The number of carbonyl (C=O) groups is 2. The van der Waals surface area contributed by atoms with E-state index in [0.29, 0.717) is 30.8 Å². The van der Waals surface area contributed by atoms with Gasteiger partial charge < -0.3 is 20.7 Å². The summed E-state index contributed by atoms with van der Waals surface area (Å²) >= 11 is 0. The standard InChI is InChI=1S/C30H29N3O3/c34-29(19-14-23-8-3-1-4-9-23)33-27-13-7-12-26(20-27)31-21-30(35)32-25-15-17-28(18-16-25)36-22-24-10-5-2-6-11-24/h1-13,15-18,20,31H,14,19,21-22H2,(H,32,35)(H,33,34). The fourth-order valence-corrected chi connectivity index (χ4v) is 3.60. The van der Waals surface area contributed by atoms with E-state index in [1.165, 1.54) is 0 Å². The minimum atomic E-state index is -0.176. The fraction of sp³-hybridized carbons (Fsp3) is 0.133. The van der Waals surface area contributed by atoms with Crippen molar-refractivity contribution in [3.63, 3.8) is 0 Å². The lowest BCUT2D eigenvalue weighted by Crippen LogP contribution is -2.21. The van der Waals surface area contributed by atoms with Crippen molar-refractivity contribution in [2.75, 3.05) is 22.5 Å². The quantitative estimate of drug-likeness (QED) is 0.251. The van der Waals surface area contributed by atoms with Crippen molar-refractivity contribution in [2.24, 2.45) is 0 Å². The van der Waals surface area contributed by atoms with Crippen LogP contribution in [-0.4, -0.2) is 18.4 Å². The van der Waals surface area contributed by atoms with Crippen molar-refractivity contribution in [1.82, 2.24) is 0 Å².